The maximum atomic E-state index is 4.11. The van der Waals surface area contributed by atoms with Gasteiger partial charge in [-0.3, -0.25) is 0 Å². The summed E-state index contributed by atoms with van der Waals surface area (Å²) >= 11 is 0. The van der Waals surface area contributed by atoms with E-state index in [0.717, 1.165) is 19.3 Å². The van der Waals surface area contributed by atoms with Crippen LogP contribution < -0.4 is 0 Å². The highest BCUT2D eigenvalue weighted by Crippen LogP contribution is 2.24. The third-order valence-electron chi connectivity index (χ3n) is 3.07. The predicted octanol–water partition coefficient (Wildman–Crippen LogP) is 4.25. The van der Waals surface area contributed by atoms with E-state index in [2.05, 4.69) is 58.7 Å². The van der Waals surface area contributed by atoms with Gasteiger partial charge in [0.15, 0.2) is 0 Å². The van der Waals surface area contributed by atoms with E-state index in [1.54, 1.807) is 0 Å². The Morgan fingerprint density at radius 1 is 1.31 bits per heavy atom. The van der Waals surface area contributed by atoms with Gasteiger partial charge in [0.25, 0.3) is 0 Å². The zero-order chi connectivity index (χ0) is 12.7. The van der Waals surface area contributed by atoms with Gasteiger partial charge < -0.3 is 4.90 Å². The summed E-state index contributed by atoms with van der Waals surface area (Å²) in [4.78, 5) is 2.10. The molecule has 16 heavy (non-hydrogen) atoms. The molecule has 0 aromatic rings. The molecule has 0 N–H and O–H groups in total. The second-order valence-corrected chi connectivity index (χ2v) is 5.01. The maximum absolute atomic E-state index is 4.11. The fourth-order valence-corrected chi connectivity index (χ4v) is 1.79. The summed E-state index contributed by atoms with van der Waals surface area (Å²) in [6.45, 7) is 16.3. The molecule has 0 aliphatic carbocycles. The zero-order valence-electron chi connectivity index (χ0n) is 11.4. The number of rotatable bonds is 8. The van der Waals surface area contributed by atoms with Gasteiger partial charge in [-0.1, -0.05) is 25.2 Å². The Morgan fingerprint density at radius 2 is 1.88 bits per heavy atom. The zero-order valence-corrected chi connectivity index (χ0v) is 11.4. The van der Waals surface area contributed by atoms with Crippen LogP contribution in [-0.2, 0) is 0 Å². The Kier molecular flexibility index (Phi) is 6.87. The standard InChI is InChI=1S/C15H27N/c1-8-15(10-9-12(2)3)11-13(4)14(5)16(6)7/h8,13,15H,1-2,5,9-11H2,3-4,6-7H3. The van der Waals surface area contributed by atoms with Crippen molar-refractivity contribution >= 4 is 0 Å². The molecule has 92 valence electrons. The topological polar surface area (TPSA) is 3.24 Å². The van der Waals surface area contributed by atoms with Crippen LogP contribution in [0, 0.1) is 11.8 Å². The number of hydrogen-bond acceptors (Lipinski definition) is 1. The van der Waals surface area contributed by atoms with Crippen molar-refractivity contribution in [2.24, 2.45) is 11.8 Å². The molecule has 0 aromatic carbocycles. The average Bonchev–Trinajstić information content (AvgIpc) is 2.22. The highest BCUT2D eigenvalue weighted by atomic mass is 15.1. The summed E-state index contributed by atoms with van der Waals surface area (Å²) in [7, 11) is 4.10. The summed E-state index contributed by atoms with van der Waals surface area (Å²) in [5, 5.41) is 0. The quantitative estimate of drug-likeness (QED) is 0.554. The molecule has 0 rings (SSSR count). The second kappa shape index (κ2) is 7.32. The van der Waals surface area contributed by atoms with Gasteiger partial charge in [-0.25, -0.2) is 0 Å². The molecule has 1 nitrogen and oxygen atoms in total. The van der Waals surface area contributed by atoms with Gasteiger partial charge in [0.2, 0.25) is 0 Å². The van der Waals surface area contributed by atoms with Gasteiger partial charge in [-0.15, -0.1) is 13.2 Å². The second-order valence-electron chi connectivity index (χ2n) is 5.01. The van der Waals surface area contributed by atoms with Crippen molar-refractivity contribution in [1.82, 2.24) is 4.90 Å². The first-order chi connectivity index (χ1) is 7.38. The Bertz CT molecular complexity index is 250. The van der Waals surface area contributed by atoms with Crippen molar-refractivity contribution in [3.8, 4) is 0 Å². The molecule has 2 atom stereocenters. The Hall–Kier alpha value is -0.980. The van der Waals surface area contributed by atoms with Crippen LogP contribution in [0.1, 0.15) is 33.1 Å². The molecule has 0 saturated carbocycles. The van der Waals surface area contributed by atoms with Gasteiger partial charge in [0.05, 0.1) is 0 Å². The van der Waals surface area contributed by atoms with Gasteiger partial charge in [-0.05, 0) is 38.0 Å². The van der Waals surface area contributed by atoms with Gasteiger partial charge in [-0.2, -0.15) is 0 Å². The molecule has 0 spiro atoms. The normalized spacial score (nSPS) is 14.0. The largest absolute Gasteiger partial charge is 0.381 e. The Labute approximate surface area is 102 Å². The molecule has 0 saturated heterocycles. The van der Waals surface area contributed by atoms with Crippen molar-refractivity contribution < 1.29 is 0 Å². The molecule has 0 amide bonds. The smallest absolute Gasteiger partial charge is 0.00834 e. The Morgan fingerprint density at radius 3 is 2.25 bits per heavy atom. The molecule has 0 fully saturated rings. The van der Waals surface area contributed by atoms with Crippen molar-refractivity contribution in [2.75, 3.05) is 14.1 Å². The van der Waals surface area contributed by atoms with Crippen LogP contribution in [-0.4, -0.2) is 19.0 Å². The van der Waals surface area contributed by atoms with Crippen LogP contribution >= 0.6 is 0 Å². The molecule has 0 aliphatic rings. The van der Waals surface area contributed by atoms with E-state index in [-0.39, 0.29) is 0 Å². The first-order valence-corrected chi connectivity index (χ1v) is 6.01. The molecule has 0 radical (unpaired) electrons. The predicted molar refractivity (Wildman–Crippen MR) is 74.3 cm³/mol. The third-order valence-corrected chi connectivity index (χ3v) is 3.07. The molecular weight excluding hydrogens is 194 g/mol. The lowest BCUT2D eigenvalue weighted by molar-refractivity contribution is 0.381. The van der Waals surface area contributed by atoms with Crippen LogP contribution in [0.4, 0.5) is 0 Å². The van der Waals surface area contributed by atoms with Crippen molar-refractivity contribution in [3.63, 3.8) is 0 Å². The minimum Gasteiger partial charge on any atom is -0.381 e. The minimum atomic E-state index is 0.517. The van der Waals surface area contributed by atoms with Gasteiger partial charge in [0, 0.05) is 19.8 Å². The molecule has 0 heterocycles. The van der Waals surface area contributed by atoms with E-state index in [1.165, 1.54) is 11.3 Å². The molecule has 1 heteroatoms. The van der Waals surface area contributed by atoms with E-state index in [1.807, 2.05) is 0 Å². The summed E-state index contributed by atoms with van der Waals surface area (Å²) in [6.07, 6.45) is 5.46. The third kappa shape index (κ3) is 5.79. The highest BCUT2D eigenvalue weighted by Gasteiger charge is 2.13. The molecule has 0 aliphatic heterocycles. The monoisotopic (exact) mass is 221 g/mol. The van der Waals surface area contributed by atoms with Crippen LogP contribution in [0.15, 0.2) is 37.1 Å². The van der Waals surface area contributed by atoms with Gasteiger partial charge in [0.1, 0.15) is 0 Å². The van der Waals surface area contributed by atoms with Crippen LogP contribution in [0.25, 0.3) is 0 Å². The fourth-order valence-electron chi connectivity index (χ4n) is 1.79. The lowest BCUT2D eigenvalue weighted by Crippen LogP contribution is -2.18. The number of allylic oxidation sites excluding steroid dienone is 3. The van der Waals surface area contributed by atoms with E-state index in [0.29, 0.717) is 11.8 Å². The SMILES string of the molecule is C=CC(CCC(=C)C)CC(C)C(=C)N(C)C. The van der Waals surface area contributed by atoms with Crippen LogP contribution in [0.2, 0.25) is 0 Å². The van der Waals surface area contributed by atoms with Crippen molar-refractivity contribution in [3.05, 3.63) is 37.1 Å². The molecule has 0 aromatic heterocycles. The summed E-state index contributed by atoms with van der Waals surface area (Å²) in [5.41, 5.74) is 2.45. The summed E-state index contributed by atoms with van der Waals surface area (Å²) < 4.78 is 0. The fraction of sp³-hybridized carbons (Fsp3) is 0.600. The van der Waals surface area contributed by atoms with Gasteiger partial charge >= 0.3 is 0 Å². The lowest BCUT2D eigenvalue weighted by atomic mass is 9.89. The summed E-state index contributed by atoms with van der Waals surface area (Å²) in [5.74, 6) is 1.09. The molecule has 0 bridgehead atoms. The Balaban J connectivity index is 4.16. The molecular formula is C15H27N. The number of hydrogen-bond donors (Lipinski definition) is 0. The highest BCUT2D eigenvalue weighted by molar-refractivity contribution is 4.99. The average molecular weight is 221 g/mol. The number of nitrogens with zero attached hydrogens (tertiary/aromatic N) is 1. The minimum absolute atomic E-state index is 0.517. The lowest BCUT2D eigenvalue weighted by Gasteiger charge is -2.25. The molecule has 2 unspecified atom stereocenters. The van der Waals surface area contributed by atoms with E-state index < -0.39 is 0 Å². The summed E-state index contributed by atoms with van der Waals surface area (Å²) in [6, 6.07) is 0. The maximum Gasteiger partial charge on any atom is 0.00834 e. The van der Waals surface area contributed by atoms with Crippen LogP contribution in [0.5, 0.6) is 0 Å². The van der Waals surface area contributed by atoms with Crippen LogP contribution in [0.3, 0.4) is 0 Å². The van der Waals surface area contributed by atoms with Crippen molar-refractivity contribution in [1.29, 1.82) is 0 Å². The van der Waals surface area contributed by atoms with E-state index >= 15 is 0 Å². The van der Waals surface area contributed by atoms with E-state index in [4.69, 9.17) is 0 Å². The van der Waals surface area contributed by atoms with E-state index in [9.17, 15) is 0 Å². The van der Waals surface area contributed by atoms with Crippen molar-refractivity contribution in [2.45, 2.75) is 33.1 Å². The first-order valence-electron chi connectivity index (χ1n) is 6.01. The first kappa shape index (κ1) is 15.0.